The highest BCUT2D eigenvalue weighted by atomic mass is 32.2. The lowest BCUT2D eigenvalue weighted by molar-refractivity contribution is 0.441. The second-order valence-corrected chi connectivity index (χ2v) is 2.67. The van der Waals surface area contributed by atoms with E-state index >= 15 is 0 Å². The third kappa shape index (κ3) is 2.31. The molecular formula is C7H12OS. The van der Waals surface area contributed by atoms with Crippen LogP contribution < -0.4 is 0 Å². The zero-order valence-electron chi connectivity index (χ0n) is 5.72. The van der Waals surface area contributed by atoms with Crippen molar-refractivity contribution in [1.82, 2.24) is 0 Å². The highest BCUT2D eigenvalue weighted by molar-refractivity contribution is 7.94. The minimum absolute atomic E-state index is 1.14. The highest BCUT2D eigenvalue weighted by Gasteiger charge is 2.02. The van der Waals surface area contributed by atoms with Crippen molar-refractivity contribution < 1.29 is 4.18 Å². The average molecular weight is 144 g/mol. The van der Waals surface area contributed by atoms with Crippen LogP contribution >= 0.6 is 12.0 Å². The molecule has 0 aromatic heterocycles. The van der Waals surface area contributed by atoms with Crippen LogP contribution in [0.5, 0.6) is 0 Å². The van der Waals surface area contributed by atoms with Crippen molar-refractivity contribution in [3.05, 3.63) is 11.8 Å². The van der Waals surface area contributed by atoms with E-state index in [0.717, 1.165) is 6.42 Å². The number of hydrogen-bond acceptors (Lipinski definition) is 2. The Kier molecular flexibility index (Phi) is 2.98. The van der Waals surface area contributed by atoms with Crippen molar-refractivity contribution in [2.24, 2.45) is 0 Å². The standard InChI is InChI=1S/C7H12OS/c1-9-8-7-5-3-2-4-6-7/h5H,2-4,6H2,1H3. The molecule has 52 valence electrons. The Morgan fingerprint density at radius 3 is 3.00 bits per heavy atom. The molecule has 0 amide bonds. The van der Waals surface area contributed by atoms with Gasteiger partial charge in [-0.2, -0.15) is 0 Å². The van der Waals surface area contributed by atoms with E-state index in [9.17, 15) is 0 Å². The molecule has 2 heteroatoms. The minimum atomic E-state index is 1.14. The van der Waals surface area contributed by atoms with Crippen LogP contribution in [0.2, 0.25) is 0 Å². The summed E-state index contributed by atoms with van der Waals surface area (Å²) in [6.07, 6.45) is 9.12. The summed E-state index contributed by atoms with van der Waals surface area (Å²) in [5.41, 5.74) is 0. The first-order chi connectivity index (χ1) is 4.43. The largest absolute Gasteiger partial charge is 0.431 e. The van der Waals surface area contributed by atoms with E-state index in [0.29, 0.717) is 0 Å². The third-order valence-electron chi connectivity index (χ3n) is 1.44. The predicted molar refractivity (Wildman–Crippen MR) is 41.2 cm³/mol. The smallest absolute Gasteiger partial charge is 0.110 e. The van der Waals surface area contributed by atoms with Gasteiger partial charge < -0.3 is 4.18 Å². The van der Waals surface area contributed by atoms with Crippen LogP contribution in [0.15, 0.2) is 11.8 Å². The van der Waals surface area contributed by atoms with Crippen LogP contribution in [0.4, 0.5) is 0 Å². The van der Waals surface area contributed by atoms with Crippen LogP contribution in [0.25, 0.3) is 0 Å². The molecule has 0 bridgehead atoms. The molecule has 0 saturated carbocycles. The summed E-state index contributed by atoms with van der Waals surface area (Å²) in [4.78, 5) is 0. The molecule has 1 nitrogen and oxygen atoms in total. The molecule has 1 aliphatic carbocycles. The number of rotatable bonds is 2. The lowest BCUT2D eigenvalue weighted by Crippen LogP contribution is -1.91. The van der Waals surface area contributed by atoms with Gasteiger partial charge in [-0.1, -0.05) is 0 Å². The first-order valence-electron chi connectivity index (χ1n) is 3.33. The first kappa shape index (κ1) is 7.00. The number of hydrogen-bond donors (Lipinski definition) is 0. The summed E-state index contributed by atoms with van der Waals surface area (Å²) in [5.74, 6) is 1.17. The van der Waals surface area contributed by atoms with Crippen LogP contribution in [-0.4, -0.2) is 6.26 Å². The maximum absolute atomic E-state index is 5.26. The molecule has 0 radical (unpaired) electrons. The maximum Gasteiger partial charge on any atom is 0.110 e. The highest BCUT2D eigenvalue weighted by Crippen LogP contribution is 2.20. The van der Waals surface area contributed by atoms with E-state index in [-0.39, 0.29) is 0 Å². The zero-order chi connectivity index (χ0) is 6.53. The maximum atomic E-state index is 5.26. The molecule has 0 aromatic rings. The van der Waals surface area contributed by atoms with E-state index in [1.165, 1.54) is 37.1 Å². The second kappa shape index (κ2) is 3.83. The van der Waals surface area contributed by atoms with Gasteiger partial charge in [0, 0.05) is 12.7 Å². The van der Waals surface area contributed by atoms with Gasteiger partial charge in [0.2, 0.25) is 0 Å². The Bertz CT molecular complexity index is 109. The van der Waals surface area contributed by atoms with Gasteiger partial charge in [0.15, 0.2) is 0 Å². The summed E-state index contributed by atoms with van der Waals surface area (Å²) >= 11 is 1.44. The Balaban J connectivity index is 2.28. The molecular weight excluding hydrogens is 132 g/mol. The molecule has 0 spiro atoms. The fourth-order valence-corrected chi connectivity index (χ4v) is 1.36. The van der Waals surface area contributed by atoms with E-state index < -0.39 is 0 Å². The average Bonchev–Trinajstić information content (AvgIpc) is 1.91. The fraction of sp³-hybridized carbons (Fsp3) is 0.714. The molecule has 1 aliphatic rings. The lowest BCUT2D eigenvalue weighted by Gasteiger charge is -2.10. The summed E-state index contributed by atoms with van der Waals surface area (Å²) in [5, 5.41) is 0. The van der Waals surface area contributed by atoms with Crippen molar-refractivity contribution in [2.75, 3.05) is 6.26 Å². The lowest BCUT2D eigenvalue weighted by atomic mass is 10.1. The Labute approximate surface area is 60.7 Å². The molecule has 0 N–H and O–H groups in total. The summed E-state index contributed by atoms with van der Waals surface area (Å²) in [6, 6.07) is 0. The van der Waals surface area contributed by atoms with Crippen LogP contribution in [0.3, 0.4) is 0 Å². The van der Waals surface area contributed by atoms with Gasteiger partial charge >= 0.3 is 0 Å². The van der Waals surface area contributed by atoms with E-state index in [4.69, 9.17) is 4.18 Å². The normalized spacial score (nSPS) is 19.0. The SMILES string of the molecule is CSOC1=CCCCC1. The van der Waals surface area contributed by atoms with Crippen molar-refractivity contribution >= 4 is 12.0 Å². The summed E-state index contributed by atoms with van der Waals surface area (Å²) in [7, 11) is 0. The molecule has 9 heavy (non-hydrogen) atoms. The minimum Gasteiger partial charge on any atom is -0.431 e. The van der Waals surface area contributed by atoms with Crippen molar-refractivity contribution in [1.29, 1.82) is 0 Å². The molecule has 0 fully saturated rings. The summed E-state index contributed by atoms with van der Waals surface area (Å²) < 4.78 is 5.26. The van der Waals surface area contributed by atoms with Crippen LogP contribution in [-0.2, 0) is 4.18 Å². The Hall–Kier alpha value is -0.110. The zero-order valence-corrected chi connectivity index (χ0v) is 6.54. The Morgan fingerprint density at radius 1 is 1.56 bits per heavy atom. The van der Waals surface area contributed by atoms with E-state index in [1.54, 1.807) is 0 Å². The molecule has 0 aliphatic heterocycles. The molecule has 0 atom stereocenters. The van der Waals surface area contributed by atoms with Gasteiger partial charge in [-0.05, 0) is 25.3 Å². The van der Waals surface area contributed by atoms with Crippen molar-refractivity contribution in [2.45, 2.75) is 25.7 Å². The van der Waals surface area contributed by atoms with Gasteiger partial charge in [0.1, 0.15) is 5.76 Å². The van der Waals surface area contributed by atoms with Crippen molar-refractivity contribution in [3.63, 3.8) is 0 Å². The molecule has 0 saturated heterocycles. The molecule has 0 aromatic carbocycles. The monoisotopic (exact) mass is 144 g/mol. The van der Waals surface area contributed by atoms with Gasteiger partial charge in [0.25, 0.3) is 0 Å². The Morgan fingerprint density at radius 2 is 2.44 bits per heavy atom. The van der Waals surface area contributed by atoms with Gasteiger partial charge in [-0.25, -0.2) is 0 Å². The van der Waals surface area contributed by atoms with E-state index in [2.05, 4.69) is 6.08 Å². The first-order valence-corrected chi connectivity index (χ1v) is 4.48. The quantitative estimate of drug-likeness (QED) is 0.551. The van der Waals surface area contributed by atoms with Gasteiger partial charge in [0.05, 0.1) is 12.0 Å². The molecule has 1 rings (SSSR count). The van der Waals surface area contributed by atoms with Crippen molar-refractivity contribution in [3.8, 4) is 0 Å². The van der Waals surface area contributed by atoms with Crippen LogP contribution in [0, 0.1) is 0 Å². The van der Waals surface area contributed by atoms with Crippen LogP contribution in [0.1, 0.15) is 25.7 Å². The topological polar surface area (TPSA) is 9.23 Å². The van der Waals surface area contributed by atoms with Gasteiger partial charge in [-0.3, -0.25) is 0 Å². The summed E-state index contributed by atoms with van der Waals surface area (Å²) in [6.45, 7) is 0. The predicted octanol–water partition coefficient (Wildman–Crippen LogP) is 2.74. The van der Waals surface area contributed by atoms with Gasteiger partial charge in [-0.15, -0.1) is 0 Å². The molecule has 0 unspecified atom stereocenters. The second-order valence-electron chi connectivity index (χ2n) is 2.17. The number of allylic oxidation sites excluding steroid dienone is 2. The fourth-order valence-electron chi connectivity index (χ4n) is 0.991. The third-order valence-corrected chi connectivity index (χ3v) is 1.82. The molecule has 0 heterocycles. The van der Waals surface area contributed by atoms with E-state index in [1.807, 2.05) is 6.26 Å².